The van der Waals surface area contributed by atoms with Gasteiger partial charge in [0, 0.05) is 36.5 Å². The van der Waals surface area contributed by atoms with E-state index in [9.17, 15) is 14.9 Å². The molecule has 1 aliphatic heterocycles. The Morgan fingerprint density at radius 1 is 1.17 bits per heavy atom. The average molecular weight is 552 g/mol. The van der Waals surface area contributed by atoms with E-state index < -0.39 is 11.3 Å². The number of primary amides is 1. The van der Waals surface area contributed by atoms with Crippen LogP contribution in [0, 0.1) is 17.2 Å². The van der Waals surface area contributed by atoms with Crippen LogP contribution in [-0.2, 0) is 18.3 Å². The summed E-state index contributed by atoms with van der Waals surface area (Å²) in [5.41, 5.74) is 10.8. The second-order valence-corrected chi connectivity index (χ2v) is 11.2. The summed E-state index contributed by atoms with van der Waals surface area (Å²) in [4.78, 5) is 26.8. The highest BCUT2D eigenvalue weighted by Gasteiger charge is 2.52. The van der Waals surface area contributed by atoms with Gasteiger partial charge in [-0.25, -0.2) is 5.10 Å². The normalized spacial score (nSPS) is 23.9. The molecule has 1 saturated carbocycles. The zero-order valence-corrected chi connectivity index (χ0v) is 23.0. The van der Waals surface area contributed by atoms with Crippen LogP contribution in [0.1, 0.15) is 68.1 Å². The SMILES string of the molecule is C=C(CNCCC1(c2nnn[nH]2)c2ccc(C(N)=O)cc2CCc2cc(C(=O)NC)ccc21)N1C(C#N)C[C@@H]2C[C@@H]21. The number of carbonyl (C=O) groups excluding carboxylic acids is 2. The molecule has 5 N–H and O–H groups in total. The molecule has 2 fully saturated rings. The van der Waals surface area contributed by atoms with Gasteiger partial charge in [-0.1, -0.05) is 18.7 Å². The topological polar surface area (TPSA) is 166 Å². The molecule has 2 amide bonds. The Balaban J connectivity index is 1.37. The van der Waals surface area contributed by atoms with E-state index in [0.29, 0.717) is 61.3 Å². The van der Waals surface area contributed by atoms with Crippen molar-refractivity contribution in [1.82, 2.24) is 36.2 Å². The number of aromatic amines is 1. The third-order valence-corrected chi connectivity index (χ3v) is 8.94. The first-order valence-electron chi connectivity index (χ1n) is 14.0. The summed E-state index contributed by atoms with van der Waals surface area (Å²) in [6.45, 7) is 5.45. The van der Waals surface area contributed by atoms with Crippen LogP contribution >= 0.6 is 0 Å². The first-order valence-corrected chi connectivity index (χ1v) is 14.0. The lowest BCUT2D eigenvalue weighted by Gasteiger charge is -2.35. The number of piperidine rings is 1. The van der Waals surface area contributed by atoms with Crippen LogP contribution in [0.4, 0.5) is 0 Å². The fourth-order valence-electron chi connectivity index (χ4n) is 6.90. The smallest absolute Gasteiger partial charge is 0.251 e. The van der Waals surface area contributed by atoms with Crippen molar-refractivity contribution < 1.29 is 9.59 Å². The van der Waals surface area contributed by atoms with Crippen molar-refractivity contribution >= 4 is 11.8 Å². The van der Waals surface area contributed by atoms with Crippen LogP contribution in [0.3, 0.4) is 0 Å². The van der Waals surface area contributed by atoms with Crippen molar-refractivity contribution in [2.24, 2.45) is 11.7 Å². The van der Waals surface area contributed by atoms with Gasteiger partial charge in [0.05, 0.1) is 11.5 Å². The molecule has 1 saturated heterocycles. The molecule has 2 aliphatic carbocycles. The number of rotatable bonds is 9. The summed E-state index contributed by atoms with van der Waals surface area (Å²) in [6.07, 6.45) is 3.95. The molecule has 2 unspecified atom stereocenters. The molecule has 4 atom stereocenters. The second kappa shape index (κ2) is 10.4. The molecule has 6 rings (SSSR count). The molecule has 0 bridgehead atoms. The maximum absolute atomic E-state index is 12.5. The zero-order valence-electron chi connectivity index (χ0n) is 23.0. The number of nitrogens with zero attached hydrogens (tertiary/aromatic N) is 5. The van der Waals surface area contributed by atoms with Crippen LogP contribution in [0.25, 0.3) is 0 Å². The summed E-state index contributed by atoms with van der Waals surface area (Å²) < 4.78 is 0. The van der Waals surface area contributed by atoms with Gasteiger partial charge in [-0.3, -0.25) is 9.59 Å². The lowest BCUT2D eigenvalue weighted by Crippen LogP contribution is -2.38. The largest absolute Gasteiger partial charge is 0.366 e. The molecule has 11 nitrogen and oxygen atoms in total. The van der Waals surface area contributed by atoms with E-state index in [-0.39, 0.29) is 11.9 Å². The van der Waals surface area contributed by atoms with Gasteiger partial charge in [-0.2, -0.15) is 5.26 Å². The number of nitriles is 1. The molecular weight excluding hydrogens is 518 g/mol. The minimum Gasteiger partial charge on any atom is -0.366 e. The fourth-order valence-corrected chi connectivity index (χ4v) is 6.90. The van der Waals surface area contributed by atoms with Crippen LogP contribution in [0.5, 0.6) is 0 Å². The predicted molar refractivity (Wildman–Crippen MR) is 151 cm³/mol. The zero-order chi connectivity index (χ0) is 28.7. The van der Waals surface area contributed by atoms with Gasteiger partial charge < -0.3 is 21.3 Å². The fraction of sp³-hybridized carbons (Fsp3) is 0.400. The summed E-state index contributed by atoms with van der Waals surface area (Å²) in [5.74, 6) is 0.543. The van der Waals surface area contributed by atoms with Crippen molar-refractivity contribution in [3.05, 3.63) is 87.9 Å². The minimum absolute atomic E-state index is 0.103. The maximum atomic E-state index is 12.5. The molecule has 41 heavy (non-hydrogen) atoms. The third kappa shape index (κ3) is 4.54. The van der Waals surface area contributed by atoms with E-state index in [1.54, 1.807) is 13.1 Å². The Bertz CT molecular complexity index is 1560. The van der Waals surface area contributed by atoms with E-state index in [1.807, 2.05) is 30.3 Å². The van der Waals surface area contributed by atoms with Crippen molar-refractivity contribution in [2.75, 3.05) is 20.1 Å². The molecule has 210 valence electrons. The monoisotopic (exact) mass is 551 g/mol. The Kier molecular flexibility index (Phi) is 6.79. The molecule has 1 aromatic heterocycles. The maximum Gasteiger partial charge on any atom is 0.251 e. The summed E-state index contributed by atoms with van der Waals surface area (Å²) >= 11 is 0. The number of nitrogens with one attached hydrogen (secondary N) is 3. The van der Waals surface area contributed by atoms with Crippen LogP contribution in [-0.4, -0.2) is 69.6 Å². The van der Waals surface area contributed by atoms with Crippen molar-refractivity contribution in [3.63, 3.8) is 0 Å². The Hall–Kier alpha value is -4.56. The molecular formula is C30H33N9O2. The number of amides is 2. The van der Waals surface area contributed by atoms with E-state index in [2.05, 4.69) is 48.8 Å². The molecule has 2 heterocycles. The van der Waals surface area contributed by atoms with E-state index >= 15 is 0 Å². The lowest BCUT2D eigenvalue weighted by molar-refractivity contribution is 0.0961. The van der Waals surface area contributed by atoms with Crippen molar-refractivity contribution in [1.29, 1.82) is 5.26 Å². The van der Waals surface area contributed by atoms with Gasteiger partial charge in [0.25, 0.3) is 5.91 Å². The first-order chi connectivity index (χ1) is 19.9. The van der Waals surface area contributed by atoms with Gasteiger partial charge in [-0.15, -0.1) is 5.10 Å². The standard InChI is InChI=1S/C30H33N9O2/c1-17(39-23(15-31)13-22-14-26(22)39)16-34-10-9-30(29-35-37-38-36-29)24-7-5-20(27(32)40)11-18(24)3-4-19-12-21(28(41)33-2)6-8-25(19)30/h5-8,11-12,22-23,26,34H,1,3-4,9-10,13-14,16H2,2H3,(H2,32,40)(H,33,41)(H,35,36,37,38)/t22-,23?,26+,30?/m1/s1. The highest BCUT2D eigenvalue weighted by Crippen LogP contribution is 2.49. The Morgan fingerprint density at radius 2 is 1.88 bits per heavy atom. The van der Waals surface area contributed by atoms with Gasteiger partial charge in [0.15, 0.2) is 5.82 Å². The number of aryl methyl sites for hydroxylation is 2. The number of hydrogen-bond donors (Lipinski definition) is 4. The quantitative estimate of drug-likeness (QED) is 0.291. The van der Waals surface area contributed by atoms with Gasteiger partial charge in [0.1, 0.15) is 6.04 Å². The average Bonchev–Trinajstić information content (AvgIpc) is 3.37. The lowest BCUT2D eigenvalue weighted by atomic mass is 9.69. The third-order valence-electron chi connectivity index (χ3n) is 8.94. The first kappa shape index (κ1) is 26.7. The number of H-pyrrole nitrogens is 1. The predicted octanol–water partition coefficient (Wildman–Crippen LogP) is 1.57. The molecule has 3 aliphatic rings. The molecule has 11 heteroatoms. The van der Waals surface area contributed by atoms with E-state index in [0.717, 1.165) is 40.8 Å². The van der Waals surface area contributed by atoms with Crippen molar-refractivity contribution in [2.45, 2.75) is 49.6 Å². The number of aromatic nitrogens is 4. The molecule has 0 radical (unpaired) electrons. The number of nitrogens with two attached hydrogens (primary N) is 1. The summed E-state index contributed by atoms with van der Waals surface area (Å²) in [5, 5.41) is 31.2. The molecule has 2 aromatic carbocycles. The minimum atomic E-state index is -0.791. The Morgan fingerprint density at radius 3 is 2.51 bits per heavy atom. The summed E-state index contributed by atoms with van der Waals surface area (Å²) in [7, 11) is 1.61. The van der Waals surface area contributed by atoms with Crippen LogP contribution < -0.4 is 16.4 Å². The Labute approximate surface area is 238 Å². The highest BCUT2D eigenvalue weighted by atomic mass is 16.1. The number of hydrogen-bond acceptors (Lipinski definition) is 8. The number of tetrazole rings is 1. The van der Waals surface area contributed by atoms with E-state index in [4.69, 9.17) is 5.73 Å². The number of benzene rings is 2. The van der Waals surface area contributed by atoms with Gasteiger partial charge in [0.2, 0.25) is 5.91 Å². The van der Waals surface area contributed by atoms with Crippen LogP contribution in [0.2, 0.25) is 0 Å². The summed E-state index contributed by atoms with van der Waals surface area (Å²) in [6, 6.07) is 14.1. The molecule has 3 aromatic rings. The van der Waals surface area contributed by atoms with Gasteiger partial charge >= 0.3 is 0 Å². The number of fused-ring (bicyclic) bond motifs is 3. The number of carbonyl (C=O) groups is 2. The van der Waals surface area contributed by atoms with Crippen LogP contribution in [0.15, 0.2) is 48.7 Å². The van der Waals surface area contributed by atoms with E-state index in [1.165, 1.54) is 0 Å². The number of likely N-dealkylation sites (tertiary alicyclic amines) is 1. The molecule has 0 spiro atoms. The second-order valence-electron chi connectivity index (χ2n) is 11.2. The van der Waals surface area contributed by atoms with Gasteiger partial charge in [-0.05, 0) is 102 Å². The highest BCUT2D eigenvalue weighted by molar-refractivity contribution is 5.94. The van der Waals surface area contributed by atoms with Crippen molar-refractivity contribution in [3.8, 4) is 6.07 Å².